The number of para-hydroxylation sites is 1. The van der Waals surface area contributed by atoms with Gasteiger partial charge in [-0.15, -0.1) is 0 Å². The molecule has 0 aliphatic heterocycles. The second-order valence-corrected chi connectivity index (χ2v) is 6.37. The number of nitrogens with one attached hydrogen (secondary N) is 1. The Hall–Kier alpha value is -0.870. The molecule has 114 valence electrons. The van der Waals surface area contributed by atoms with E-state index in [0.717, 1.165) is 36.5 Å². The average Bonchev–Trinajstić information content (AvgIpc) is 2.46. The van der Waals surface area contributed by atoms with E-state index in [0.29, 0.717) is 12.4 Å². The Labute approximate surface area is 125 Å². The summed E-state index contributed by atoms with van der Waals surface area (Å²) >= 11 is 0. The molecule has 0 aliphatic rings. The summed E-state index contributed by atoms with van der Waals surface area (Å²) in [4.78, 5) is 0. The maximum absolute atomic E-state index is 12.2. The van der Waals surface area contributed by atoms with Gasteiger partial charge < -0.3 is 10.1 Å². The van der Waals surface area contributed by atoms with Crippen molar-refractivity contribution < 1.29 is 8.95 Å². The van der Waals surface area contributed by atoms with E-state index in [9.17, 15) is 4.21 Å². The first-order valence-corrected chi connectivity index (χ1v) is 9.01. The summed E-state index contributed by atoms with van der Waals surface area (Å²) in [7, 11) is -0.782. The molecule has 1 aromatic rings. The Morgan fingerprint density at radius 1 is 1.25 bits per heavy atom. The van der Waals surface area contributed by atoms with Crippen molar-refractivity contribution in [2.75, 3.05) is 24.7 Å². The van der Waals surface area contributed by atoms with E-state index in [-0.39, 0.29) is 6.04 Å². The van der Waals surface area contributed by atoms with E-state index in [4.69, 9.17) is 4.74 Å². The second kappa shape index (κ2) is 9.94. The standard InChI is InChI=1S/C16H27NO2S/c1-4-7-12-20(18)13-15(17-5-2)14-10-8-9-11-16(14)19-6-3/h8-11,15,17H,4-7,12-13H2,1-3H3. The van der Waals surface area contributed by atoms with E-state index in [2.05, 4.69) is 25.2 Å². The van der Waals surface area contributed by atoms with Gasteiger partial charge in [-0.25, -0.2) is 0 Å². The van der Waals surface area contributed by atoms with Crippen LogP contribution in [0.25, 0.3) is 0 Å². The van der Waals surface area contributed by atoms with E-state index in [1.807, 2.05) is 25.1 Å². The predicted molar refractivity (Wildman–Crippen MR) is 86.8 cm³/mol. The Balaban J connectivity index is 2.81. The van der Waals surface area contributed by atoms with Crippen molar-refractivity contribution in [2.45, 2.75) is 39.7 Å². The van der Waals surface area contributed by atoms with Gasteiger partial charge in [0, 0.05) is 33.9 Å². The van der Waals surface area contributed by atoms with Gasteiger partial charge in [0.2, 0.25) is 0 Å². The summed E-state index contributed by atoms with van der Waals surface area (Å²) in [6.07, 6.45) is 2.12. The smallest absolute Gasteiger partial charge is 0.124 e. The van der Waals surface area contributed by atoms with Crippen LogP contribution in [0.3, 0.4) is 0 Å². The largest absolute Gasteiger partial charge is 0.494 e. The molecule has 1 N–H and O–H groups in total. The van der Waals surface area contributed by atoms with Crippen molar-refractivity contribution in [1.82, 2.24) is 5.32 Å². The molecule has 3 nitrogen and oxygen atoms in total. The van der Waals surface area contributed by atoms with Gasteiger partial charge in [0.1, 0.15) is 5.75 Å². The SMILES string of the molecule is CCCCS(=O)CC(NCC)c1ccccc1OCC. The van der Waals surface area contributed by atoms with E-state index in [1.165, 1.54) is 0 Å². The molecule has 0 amide bonds. The molecule has 20 heavy (non-hydrogen) atoms. The molecule has 0 bridgehead atoms. The second-order valence-electron chi connectivity index (χ2n) is 4.75. The number of unbranched alkanes of at least 4 members (excludes halogenated alkanes) is 1. The van der Waals surface area contributed by atoms with Crippen LogP contribution in [0.2, 0.25) is 0 Å². The predicted octanol–water partition coefficient (Wildman–Crippen LogP) is 3.28. The fourth-order valence-corrected chi connectivity index (χ4v) is 3.58. The minimum atomic E-state index is -0.782. The zero-order valence-corrected chi connectivity index (χ0v) is 13.7. The third-order valence-corrected chi connectivity index (χ3v) is 4.57. The number of hydrogen-bond donors (Lipinski definition) is 1. The molecule has 2 unspecified atom stereocenters. The van der Waals surface area contributed by atoms with Crippen LogP contribution in [-0.2, 0) is 10.8 Å². The van der Waals surface area contributed by atoms with Gasteiger partial charge in [-0.3, -0.25) is 4.21 Å². The highest BCUT2D eigenvalue weighted by atomic mass is 32.2. The molecule has 1 aromatic carbocycles. The molecular weight excluding hydrogens is 270 g/mol. The van der Waals surface area contributed by atoms with Crippen LogP contribution in [0, 0.1) is 0 Å². The normalized spacial score (nSPS) is 13.9. The Morgan fingerprint density at radius 3 is 2.65 bits per heavy atom. The minimum absolute atomic E-state index is 0.0976. The number of ether oxygens (including phenoxy) is 1. The lowest BCUT2D eigenvalue weighted by Gasteiger charge is -2.21. The van der Waals surface area contributed by atoms with Gasteiger partial charge in [-0.05, 0) is 26.0 Å². The highest BCUT2D eigenvalue weighted by Crippen LogP contribution is 2.26. The molecule has 0 radical (unpaired) electrons. The number of rotatable bonds is 10. The Bertz CT molecular complexity index is 409. The summed E-state index contributed by atoms with van der Waals surface area (Å²) in [6.45, 7) is 7.69. The first-order chi connectivity index (χ1) is 9.72. The van der Waals surface area contributed by atoms with Crippen LogP contribution in [0.15, 0.2) is 24.3 Å². The lowest BCUT2D eigenvalue weighted by Crippen LogP contribution is -2.27. The Morgan fingerprint density at radius 2 is 2.00 bits per heavy atom. The average molecular weight is 297 g/mol. The summed E-state index contributed by atoms with van der Waals surface area (Å²) in [5.74, 6) is 2.33. The maximum Gasteiger partial charge on any atom is 0.124 e. The quantitative estimate of drug-likeness (QED) is 0.720. The lowest BCUT2D eigenvalue weighted by molar-refractivity contribution is 0.333. The molecule has 4 heteroatoms. The molecular formula is C16H27NO2S. The molecule has 0 heterocycles. The first kappa shape index (κ1) is 17.2. The van der Waals surface area contributed by atoms with Crippen LogP contribution in [0.5, 0.6) is 5.75 Å². The van der Waals surface area contributed by atoms with Crippen molar-refractivity contribution in [3.8, 4) is 5.75 Å². The van der Waals surface area contributed by atoms with E-state index in [1.54, 1.807) is 0 Å². The van der Waals surface area contributed by atoms with Crippen molar-refractivity contribution in [2.24, 2.45) is 0 Å². The highest BCUT2D eigenvalue weighted by Gasteiger charge is 2.17. The third-order valence-electron chi connectivity index (χ3n) is 3.12. The molecule has 0 spiro atoms. The van der Waals surface area contributed by atoms with Crippen LogP contribution >= 0.6 is 0 Å². The van der Waals surface area contributed by atoms with E-state index >= 15 is 0 Å². The van der Waals surface area contributed by atoms with Crippen molar-refractivity contribution in [3.05, 3.63) is 29.8 Å². The maximum atomic E-state index is 12.2. The van der Waals surface area contributed by atoms with Crippen molar-refractivity contribution >= 4 is 10.8 Å². The van der Waals surface area contributed by atoms with Gasteiger partial charge in [0.15, 0.2) is 0 Å². The van der Waals surface area contributed by atoms with Crippen LogP contribution in [-0.4, -0.2) is 28.9 Å². The molecule has 0 aliphatic carbocycles. The van der Waals surface area contributed by atoms with E-state index < -0.39 is 10.8 Å². The number of hydrogen-bond acceptors (Lipinski definition) is 3. The highest BCUT2D eigenvalue weighted by molar-refractivity contribution is 7.85. The number of benzene rings is 1. The van der Waals surface area contributed by atoms with Crippen molar-refractivity contribution in [3.63, 3.8) is 0 Å². The fourth-order valence-electron chi connectivity index (χ4n) is 2.13. The van der Waals surface area contributed by atoms with Crippen LogP contribution in [0.4, 0.5) is 0 Å². The molecule has 0 saturated carbocycles. The van der Waals surface area contributed by atoms with Gasteiger partial charge in [-0.1, -0.05) is 38.5 Å². The van der Waals surface area contributed by atoms with Crippen molar-refractivity contribution in [1.29, 1.82) is 0 Å². The van der Waals surface area contributed by atoms with Gasteiger partial charge in [0.25, 0.3) is 0 Å². The zero-order chi connectivity index (χ0) is 14.8. The van der Waals surface area contributed by atoms with Gasteiger partial charge in [0.05, 0.1) is 6.61 Å². The monoisotopic (exact) mass is 297 g/mol. The lowest BCUT2D eigenvalue weighted by atomic mass is 10.1. The van der Waals surface area contributed by atoms with Gasteiger partial charge >= 0.3 is 0 Å². The summed E-state index contributed by atoms with van der Waals surface area (Å²) in [5, 5.41) is 3.43. The van der Waals surface area contributed by atoms with Gasteiger partial charge in [-0.2, -0.15) is 0 Å². The summed E-state index contributed by atoms with van der Waals surface area (Å²) in [6, 6.07) is 8.14. The zero-order valence-electron chi connectivity index (χ0n) is 12.9. The third kappa shape index (κ3) is 5.63. The molecule has 0 aromatic heterocycles. The van der Waals surface area contributed by atoms with Crippen LogP contribution < -0.4 is 10.1 Å². The summed E-state index contributed by atoms with van der Waals surface area (Å²) in [5.41, 5.74) is 1.11. The molecule has 0 saturated heterocycles. The molecule has 2 atom stereocenters. The molecule has 0 fully saturated rings. The topological polar surface area (TPSA) is 38.3 Å². The Kier molecular flexibility index (Phi) is 8.54. The fraction of sp³-hybridized carbons (Fsp3) is 0.625. The summed E-state index contributed by atoms with van der Waals surface area (Å²) < 4.78 is 17.8. The first-order valence-electron chi connectivity index (χ1n) is 7.52. The van der Waals surface area contributed by atoms with Crippen LogP contribution in [0.1, 0.15) is 45.2 Å². The molecule has 1 rings (SSSR count). The minimum Gasteiger partial charge on any atom is -0.494 e.